The van der Waals surface area contributed by atoms with E-state index in [2.05, 4.69) is 30.3 Å². The zero-order valence-corrected chi connectivity index (χ0v) is 16.5. The summed E-state index contributed by atoms with van der Waals surface area (Å²) in [4.78, 5) is 11.6. The lowest BCUT2D eigenvalue weighted by molar-refractivity contribution is 0.0297. The van der Waals surface area contributed by atoms with Crippen molar-refractivity contribution in [2.75, 3.05) is 32.0 Å². The quantitative estimate of drug-likeness (QED) is 0.448. The number of nitrogen functional groups attached to an aromatic ring is 1. The second-order valence-corrected chi connectivity index (χ2v) is 7.41. The van der Waals surface area contributed by atoms with Crippen molar-refractivity contribution in [3.8, 4) is 22.8 Å². The lowest BCUT2D eigenvalue weighted by atomic mass is 10.1. The number of anilines is 1. The van der Waals surface area contributed by atoms with Crippen molar-refractivity contribution in [2.24, 2.45) is 0 Å². The number of imidazole rings is 1. The number of nitrogens with one attached hydrogen (secondary N) is 1. The predicted octanol–water partition coefficient (Wildman–Crippen LogP) is 1.74. The Balaban J connectivity index is 1.47. The van der Waals surface area contributed by atoms with Crippen molar-refractivity contribution >= 4 is 22.4 Å². The molecule has 0 spiro atoms. The molecule has 0 saturated carbocycles. The van der Waals surface area contributed by atoms with Gasteiger partial charge in [0.1, 0.15) is 17.2 Å². The van der Waals surface area contributed by atoms with E-state index in [0.29, 0.717) is 54.3 Å². The van der Waals surface area contributed by atoms with E-state index in [9.17, 15) is 0 Å². The normalized spacial score (nSPS) is 15.2. The molecule has 11 heteroatoms. The van der Waals surface area contributed by atoms with Gasteiger partial charge in [-0.15, -0.1) is 5.10 Å². The fourth-order valence-electron chi connectivity index (χ4n) is 3.81. The van der Waals surface area contributed by atoms with Gasteiger partial charge in [-0.1, -0.05) is 11.2 Å². The zero-order chi connectivity index (χ0) is 20.8. The molecule has 3 N–H and O–H groups in total. The van der Waals surface area contributed by atoms with Crippen LogP contribution in [0.5, 0.6) is 0 Å². The summed E-state index contributed by atoms with van der Waals surface area (Å²) < 4.78 is 12.6. The second kappa shape index (κ2) is 7.15. The van der Waals surface area contributed by atoms with E-state index < -0.39 is 0 Å². The molecule has 0 unspecified atom stereocenters. The first-order chi connectivity index (χ1) is 15.2. The van der Waals surface area contributed by atoms with Gasteiger partial charge in [0, 0.05) is 24.0 Å². The largest absolute Gasteiger partial charge is 0.382 e. The fourth-order valence-corrected chi connectivity index (χ4v) is 3.81. The van der Waals surface area contributed by atoms with Gasteiger partial charge in [0.25, 0.3) is 0 Å². The molecule has 156 valence electrons. The third-order valence-corrected chi connectivity index (χ3v) is 5.35. The molecule has 0 atom stereocenters. The molecule has 5 aromatic rings. The van der Waals surface area contributed by atoms with Gasteiger partial charge in [-0.25, -0.2) is 9.50 Å². The Kier molecular flexibility index (Phi) is 4.14. The molecule has 0 bridgehead atoms. The minimum absolute atomic E-state index is 0.375. The van der Waals surface area contributed by atoms with Crippen molar-refractivity contribution < 1.29 is 9.26 Å². The summed E-state index contributed by atoms with van der Waals surface area (Å²) in [7, 11) is 0. The van der Waals surface area contributed by atoms with Gasteiger partial charge >= 0.3 is 0 Å². The maximum Gasteiger partial charge on any atom is 0.241 e. The standard InChI is InChI=1S/C20H19N9O2/c21-15-3-4-16-23-18(12-1-2-14-13(9-12)10-22-25-14)19(29(16)26-15)20-24-17(31-27-20)11-28-5-7-30-8-6-28/h1-4,9-10H,5-8,11H2,(H2,21,26)(H,22,25). The molecule has 5 heterocycles. The molecular formula is C20H19N9O2. The van der Waals surface area contributed by atoms with Crippen LogP contribution in [0, 0.1) is 0 Å². The predicted molar refractivity (Wildman–Crippen MR) is 112 cm³/mol. The van der Waals surface area contributed by atoms with Crippen molar-refractivity contribution in [3.05, 3.63) is 42.4 Å². The van der Waals surface area contributed by atoms with Crippen molar-refractivity contribution in [2.45, 2.75) is 6.54 Å². The van der Waals surface area contributed by atoms with Crippen LogP contribution in [0.3, 0.4) is 0 Å². The molecule has 0 amide bonds. The highest BCUT2D eigenvalue weighted by Crippen LogP contribution is 2.32. The Morgan fingerprint density at radius 3 is 2.90 bits per heavy atom. The number of nitrogens with zero attached hydrogens (tertiary/aromatic N) is 7. The smallest absolute Gasteiger partial charge is 0.241 e. The Hall–Kier alpha value is -3.83. The third-order valence-electron chi connectivity index (χ3n) is 5.35. The van der Waals surface area contributed by atoms with E-state index in [1.165, 1.54) is 0 Å². The highest BCUT2D eigenvalue weighted by Gasteiger charge is 2.23. The van der Waals surface area contributed by atoms with Crippen LogP contribution in [0.2, 0.25) is 0 Å². The van der Waals surface area contributed by atoms with Crippen LogP contribution in [0.1, 0.15) is 5.89 Å². The molecule has 31 heavy (non-hydrogen) atoms. The summed E-state index contributed by atoms with van der Waals surface area (Å²) in [5.74, 6) is 1.32. The van der Waals surface area contributed by atoms with Crippen LogP contribution in [-0.4, -0.2) is 66.1 Å². The van der Waals surface area contributed by atoms with Crippen molar-refractivity contribution in [1.29, 1.82) is 0 Å². The third kappa shape index (κ3) is 3.20. The van der Waals surface area contributed by atoms with Gasteiger partial charge in [0.2, 0.25) is 11.7 Å². The maximum atomic E-state index is 5.95. The SMILES string of the molecule is Nc1ccc2nc(-c3ccc4[nH]ncc4c3)c(-c3noc(CN4CCOCC4)n3)n2n1. The zero-order valence-electron chi connectivity index (χ0n) is 16.5. The molecule has 1 aliphatic heterocycles. The number of ether oxygens (including phenoxy) is 1. The van der Waals surface area contributed by atoms with Crippen LogP contribution in [0.25, 0.3) is 39.3 Å². The molecule has 1 aliphatic rings. The first-order valence-electron chi connectivity index (χ1n) is 9.96. The van der Waals surface area contributed by atoms with Gasteiger partial charge in [-0.2, -0.15) is 10.1 Å². The van der Waals surface area contributed by atoms with Crippen LogP contribution in [0.4, 0.5) is 5.82 Å². The Labute approximate surface area is 175 Å². The minimum Gasteiger partial charge on any atom is -0.382 e. The van der Waals surface area contributed by atoms with Crippen LogP contribution in [0.15, 0.2) is 41.1 Å². The van der Waals surface area contributed by atoms with E-state index in [1.54, 1.807) is 16.8 Å². The Morgan fingerprint density at radius 1 is 1.10 bits per heavy atom. The van der Waals surface area contributed by atoms with Crippen LogP contribution in [-0.2, 0) is 11.3 Å². The molecule has 4 aromatic heterocycles. The average Bonchev–Trinajstić information content (AvgIpc) is 3.51. The number of rotatable bonds is 4. The Bertz CT molecular complexity index is 1380. The number of H-pyrrole nitrogens is 1. The molecule has 1 fully saturated rings. The summed E-state index contributed by atoms with van der Waals surface area (Å²) in [6, 6.07) is 9.50. The van der Waals surface area contributed by atoms with E-state index in [-0.39, 0.29) is 0 Å². The summed E-state index contributed by atoms with van der Waals surface area (Å²) >= 11 is 0. The monoisotopic (exact) mass is 417 g/mol. The molecule has 0 aliphatic carbocycles. The van der Waals surface area contributed by atoms with Gasteiger partial charge in [-0.3, -0.25) is 10.00 Å². The second-order valence-electron chi connectivity index (χ2n) is 7.41. The fraction of sp³-hybridized carbons (Fsp3) is 0.250. The van der Waals surface area contributed by atoms with Gasteiger partial charge in [-0.05, 0) is 24.3 Å². The number of morpholine rings is 1. The highest BCUT2D eigenvalue weighted by molar-refractivity contribution is 5.87. The van der Waals surface area contributed by atoms with Crippen LogP contribution < -0.4 is 5.73 Å². The number of aromatic nitrogens is 7. The molecule has 0 radical (unpaired) electrons. The van der Waals surface area contributed by atoms with Crippen molar-refractivity contribution in [3.63, 3.8) is 0 Å². The minimum atomic E-state index is 0.375. The Morgan fingerprint density at radius 2 is 2.00 bits per heavy atom. The topological polar surface area (TPSA) is 136 Å². The number of fused-ring (bicyclic) bond motifs is 2. The number of benzene rings is 1. The van der Waals surface area contributed by atoms with E-state index in [4.69, 9.17) is 20.0 Å². The van der Waals surface area contributed by atoms with Gasteiger partial charge in [0.15, 0.2) is 5.65 Å². The van der Waals surface area contributed by atoms with Crippen LogP contribution >= 0.6 is 0 Å². The summed E-state index contributed by atoms with van der Waals surface area (Å²) in [5, 5.41) is 16.7. The lowest BCUT2D eigenvalue weighted by Gasteiger charge is -2.24. The highest BCUT2D eigenvalue weighted by atomic mass is 16.5. The number of hydrogen-bond donors (Lipinski definition) is 2. The summed E-state index contributed by atoms with van der Waals surface area (Å²) in [6.45, 7) is 3.65. The van der Waals surface area contributed by atoms with Crippen molar-refractivity contribution in [1.82, 2.24) is 39.8 Å². The van der Waals surface area contributed by atoms with Gasteiger partial charge in [0.05, 0.1) is 31.5 Å². The molecule has 6 rings (SSSR count). The number of hydrogen-bond acceptors (Lipinski definition) is 9. The van der Waals surface area contributed by atoms with Gasteiger partial charge < -0.3 is 15.0 Å². The summed E-state index contributed by atoms with van der Waals surface area (Å²) in [6.07, 6.45) is 1.78. The summed E-state index contributed by atoms with van der Waals surface area (Å²) in [5.41, 5.74) is 9.76. The van der Waals surface area contributed by atoms with E-state index in [0.717, 1.165) is 29.6 Å². The number of aromatic amines is 1. The number of nitrogens with two attached hydrogens (primary N) is 1. The first kappa shape index (κ1) is 18.0. The molecule has 1 aromatic carbocycles. The van der Waals surface area contributed by atoms with E-state index in [1.807, 2.05) is 24.3 Å². The molecule has 11 nitrogen and oxygen atoms in total. The average molecular weight is 417 g/mol. The molecular weight excluding hydrogens is 398 g/mol. The maximum absolute atomic E-state index is 5.95. The lowest BCUT2D eigenvalue weighted by Crippen LogP contribution is -2.35. The van der Waals surface area contributed by atoms with E-state index >= 15 is 0 Å². The molecule has 1 saturated heterocycles. The first-order valence-corrected chi connectivity index (χ1v) is 9.96.